The molecule has 1 atom stereocenters. The lowest BCUT2D eigenvalue weighted by molar-refractivity contribution is -0.123. The van der Waals surface area contributed by atoms with Crippen LogP contribution in [-0.2, 0) is 17.6 Å². The molecule has 1 N–H and O–H groups in total. The Morgan fingerprint density at radius 2 is 1.72 bits per heavy atom. The minimum atomic E-state index is -0.841. The van der Waals surface area contributed by atoms with Gasteiger partial charge < -0.3 is 10.1 Å². The Kier molecular flexibility index (Phi) is 7.31. The normalized spacial score (nSPS) is 16.1. The lowest BCUT2D eigenvalue weighted by Gasteiger charge is -2.33. The van der Waals surface area contributed by atoms with E-state index in [0.29, 0.717) is 17.1 Å². The van der Waals surface area contributed by atoms with Crippen molar-refractivity contribution < 1.29 is 14.3 Å². The van der Waals surface area contributed by atoms with Crippen LogP contribution in [0.1, 0.15) is 71.7 Å². The molecule has 6 heteroatoms. The summed E-state index contributed by atoms with van der Waals surface area (Å²) >= 11 is 0. The Balaban J connectivity index is 1.60. The SMILES string of the molecule is COc1ccc([C@H](C(=O)NC2CCCCC2)N(C(=O)c2ccccn2)c2ccc3c(c2)CCC3)cc1. The molecule has 5 rings (SSSR count). The highest BCUT2D eigenvalue weighted by atomic mass is 16.5. The van der Waals surface area contributed by atoms with Gasteiger partial charge in [-0.15, -0.1) is 0 Å². The summed E-state index contributed by atoms with van der Waals surface area (Å²) in [5, 5.41) is 3.27. The van der Waals surface area contributed by atoms with Crippen LogP contribution in [0, 0.1) is 0 Å². The second-order valence-corrected chi connectivity index (χ2v) is 9.72. The summed E-state index contributed by atoms with van der Waals surface area (Å²) < 4.78 is 5.35. The molecule has 2 amide bonds. The van der Waals surface area contributed by atoms with E-state index < -0.39 is 6.04 Å². The quantitative estimate of drug-likeness (QED) is 0.487. The van der Waals surface area contributed by atoms with Gasteiger partial charge in [-0.25, -0.2) is 0 Å². The van der Waals surface area contributed by atoms with Crippen molar-refractivity contribution in [2.75, 3.05) is 12.0 Å². The molecule has 186 valence electrons. The van der Waals surface area contributed by atoms with Gasteiger partial charge in [0.2, 0.25) is 5.91 Å². The number of aromatic nitrogens is 1. The fourth-order valence-electron chi connectivity index (χ4n) is 5.44. The first kappa shape index (κ1) is 24.0. The predicted octanol–water partition coefficient (Wildman–Crippen LogP) is 5.42. The van der Waals surface area contributed by atoms with Crippen LogP contribution in [0.4, 0.5) is 5.69 Å². The number of methoxy groups -OCH3 is 1. The van der Waals surface area contributed by atoms with Crippen LogP contribution < -0.4 is 15.0 Å². The highest BCUT2D eigenvalue weighted by molar-refractivity contribution is 6.09. The fraction of sp³-hybridized carbons (Fsp3) is 0.367. The van der Waals surface area contributed by atoms with Crippen molar-refractivity contribution in [1.82, 2.24) is 10.3 Å². The van der Waals surface area contributed by atoms with Crippen LogP contribution in [-0.4, -0.2) is 29.9 Å². The molecule has 3 aromatic rings. The van der Waals surface area contributed by atoms with E-state index in [9.17, 15) is 9.59 Å². The van der Waals surface area contributed by atoms with Crippen LogP contribution in [0.3, 0.4) is 0 Å². The smallest absolute Gasteiger partial charge is 0.277 e. The number of nitrogens with zero attached hydrogens (tertiary/aromatic N) is 2. The number of hydrogen-bond acceptors (Lipinski definition) is 4. The number of aryl methyl sites for hydroxylation is 2. The van der Waals surface area contributed by atoms with Gasteiger partial charge >= 0.3 is 0 Å². The standard InChI is InChI=1S/C30H33N3O3/c1-36-26-17-14-22(15-18-26)28(29(34)32-24-10-3-2-4-11-24)33(30(35)27-12-5-6-19-31-27)25-16-13-21-8-7-9-23(21)20-25/h5-6,12-20,24,28H,2-4,7-11H2,1H3,(H,32,34)/t28-/m1/s1. The first-order chi connectivity index (χ1) is 17.6. The fourth-order valence-corrected chi connectivity index (χ4v) is 5.44. The first-order valence-corrected chi connectivity index (χ1v) is 12.9. The molecule has 36 heavy (non-hydrogen) atoms. The summed E-state index contributed by atoms with van der Waals surface area (Å²) in [4.78, 5) is 34.0. The van der Waals surface area contributed by atoms with Crippen LogP contribution in [0.15, 0.2) is 66.9 Å². The number of pyridine rings is 1. The number of carbonyl (C=O) groups excluding carboxylic acids is 2. The van der Waals surface area contributed by atoms with E-state index in [4.69, 9.17) is 4.74 Å². The van der Waals surface area contributed by atoms with Gasteiger partial charge in [0.05, 0.1) is 7.11 Å². The van der Waals surface area contributed by atoms with Crippen LogP contribution in [0.5, 0.6) is 5.75 Å². The minimum Gasteiger partial charge on any atom is -0.497 e. The molecule has 1 heterocycles. The number of hydrogen-bond donors (Lipinski definition) is 1. The Hall–Kier alpha value is -3.67. The van der Waals surface area contributed by atoms with Crippen molar-refractivity contribution in [3.63, 3.8) is 0 Å². The van der Waals surface area contributed by atoms with Crippen molar-refractivity contribution in [3.8, 4) is 5.75 Å². The molecule has 2 aliphatic carbocycles. The summed E-state index contributed by atoms with van der Waals surface area (Å²) in [5.41, 5.74) is 4.31. The molecule has 2 aliphatic rings. The molecular formula is C30H33N3O3. The second-order valence-electron chi connectivity index (χ2n) is 9.72. The van der Waals surface area contributed by atoms with Gasteiger partial charge in [0.25, 0.3) is 5.91 Å². The molecule has 1 fully saturated rings. The van der Waals surface area contributed by atoms with Gasteiger partial charge in [-0.05, 0) is 85.2 Å². The van der Waals surface area contributed by atoms with E-state index >= 15 is 0 Å². The summed E-state index contributed by atoms with van der Waals surface area (Å²) in [6, 6.07) is 18.1. The molecule has 0 saturated heterocycles. The van der Waals surface area contributed by atoms with Crippen molar-refractivity contribution in [2.24, 2.45) is 0 Å². The van der Waals surface area contributed by atoms with Gasteiger partial charge in [0.15, 0.2) is 0 Å². The number of rotatable bonds is 7. The van der Waals surface area contributed by atoms with Gasteiger partial charge in [-0.3, -0.25) is 19.5 Å². The van der Waals surface area contributed by atoms with E-state index in [1.165, 1.54) is 17.5 Å². The van der Waals surface area contributed by atoms with E-state index in [-0.39, 0.29) is 17.9 Å². The van der Waals surface area contributed by atoms with E-state index in [0.717, 1.165) is 50.5 Å². The maximum atomic E-state index is 14.0. The number of amides is 2. The molecule has 0 bridgehead atoms. The zero-order chi connectivity index (χ0) is 24.9. The Morgan fingerprint density at radius 1 is 0.944 bits per heavy atom. The molecule has 1 aromatic heterocycles. The molecule has 0 spiro atoms. The summed E-state index contributed by atoms with van der Waals surface area (Å²) in [7, 11) is 1.61. The number of fused-ring (bicyclic) bond motifs is 1. The minimum absolute atomic E-state index is 0.124. The molecule has 1 saturated carbocycles. The maximum Gasteiger partial charge on any atom is 0.277 e. The molecule has 6 nitrogen and oxygen atoms in total. The third kappa shape index (κ3) is 5.13. The zero-order valence-corrected chi connectivity index (χ0v) is 20.8. The summed E-state index contributed by atoms with van der Waals surface area (Å²) in [5.74, 6) is 0.232. The molecular weight excluding hydrogens is 450 g/mol. The average Bonchev–Trinajstić information content (AvgIpc) is 3.40. The van der Waals surface area contributed by atoms with E-state index in [1.807, 2.05) is 30.3 Å². The monoisotopic (exact) mass is 483 g/mol. The Labute approximate surface area is 212 Å². The highest BCUT2D eigenvalue weighted by Gasteiger charge is 2.35. The average molecular weight is 484 g/mol. The molecule has 0 unspecified atom stereocenters. The van der Waals surface area contributed by atoms with Crippen molar-refractivity contribution in [2.45, 2.75) is 63.5 Å². The highest BCUT2D eigenvalue weighted by Crippen LogP contribution is 2.34. The maximum absolute atomic E-state index is 14.0. The van der Waals surface area contributed by atoms with Gasteiger partial charge in [0, 0.05) is 17.9 Å². The number of anilines is 1. The molecule has 0 aliphatic heterocycles. The van der Waals surface area contributed by atoms with E-state index in [1.54, 1.807) is 36.4 Å². The van der Waals surface area contributed by atoms with Gasteiger partial charge in [-0.2, -0.15) is 0 Å². The Bertz CT molecular complexity index is 1200. The largest absolute Gasteiger partial charge is 0.497 e. The third-order valence-electron chi connectivity index (χ3n) is 7.35. The molecule has 2 aromatic carbocycles. The summed E-state index contributed by atoms with van der Waals surface area (Å²) in [6.07, 6.45) is 10.1. The lowest BCUT2D eigenvalue weighted by Crippen LogP contribution is -2.47. The summed E-state index contributed by atoms with van der Waals surface area (Å²) in [6.45, 7) is 0. The Morgan fingerprint density at radius 3 is 2.44 bits per heavy atom. The number of ether oxygens (including phenoxy) is 1. The topological polar surface area (TPSA) is 71.5 Å². The predicted molar refractivity (Wildman–Crippen MR) is 140 cm³/mol. The van der Waals surface area contributed by atoms with E-state index in [2.05, 4.69) is 22.4 Å². The van der Waals surface area contributed by atoms with Crippen LogP contribution >= 0.6 is 0 Å². The number of benzene rings is 2. The lowest BCUT2D eigenvalue weighted by atomic mass is 9.94. The number of carbonyl (C=O) groups is 2. The van der Waals surface area contributed by atoms with Gasteiger partial charge in [-0.1, -0.05) is 43.5 Å². The van der Waals surface area contributed by atoms with Gasteiger partial charge in [0.1, 0.15) is 17.5 Å². The number of nitrogens with one attached hydrogen (secondary N) is 1. The van der Waals surface area contributed by atoms with Crippen LogP contribution in [0.25, 0.3) is 0 Å². The zero-order valence-electron chi connectivity index (χ0n) is 20.8. The van der Waals surface area contributed by atoms with Crippen molar-refractivity contribution in [1.29, 1.82) is 0 Å². The second kappa shape index (κ2) is 10.9. The molecule has 0 radical (unpaired) electrons. The van der Waals surface area contributed by atoms with Crippen molar-refractivity contribution >= 4 is 17.5 Å². The van der Waals surface area contributed by atoms with Crippen LogP contribution in [0.2, 0.25) is 0 Å². The first-order valence-electron chi connectivity index (χ1n) is 12.9. The van der Waals surface area contributed by atoms with Crippen molar-refractivity contribution in [3.05, 3.63) is 89.2 Å². The third-order valence-corrected chi connectivity index (χ3v) is 7.35.